The van der Waals surface area contributed by atoms with Crippen molar-refractivity contribution < 1.29 is 13.2 Å². The van der Waals surface area contributed by atoms with Crippen molar-refractivity contribution >= 4 is 17.0 Å². The van der Waals surface area contributed by atoms with Crippen LogP contribution in [-0.4, -0.2) is 4.98 Å². The molecule has 1 N–H and O–H groups in total. The number of aromatic nitrogens is 1. The van der Waals surface area contributed by atoms with Crippen molar-refractivity contribution in [2.45, 2.75) is 19.1 Å². The van der Waals surface area contributed by atoms with Gasteiger partial charge in [-0.1, -0.05) is 0 Å². The van der Waals surface area contributed by atoms with Gasteiger partial charge in [-0.15, -0.1) is 11.3 Å². The second-order valence-corrected chi connectivity index (χ2v) is 4.76. The van der Waals surface area contributed by atoms with Crippen LogP contribution in [0, 0.1) is 0 Å². The number of hydrogen-bond acceptors (Lipinski definition) is 3. The number of hydrogen-bond donors (Lipinski definition) is 1. The molecular formula is C12H11F3N2S. The topological polar surface area (TPSA) is 24.9 Å². The van der Waals surface area contributed by atoms with Crippen molar-refractivity contribution in [1.82, 2.24) is 4.98 Å². The van der Waals surface area contributed by atoms with Crippen molar-refractivity contribution in [3.63, 3.8) is 0 Å². The molecule has 0 aliphatic heterocycles. The van der Waals surface area contributed by atoms with Gasteiger partial charge in [-0.05, 0) is 31.2 Å². The summed E-state index contributed by atoms with van der Waals surface area (Å²) in [7, 11) is 0. The van der Waals surface area contributed by atoms with Crippen molar-refractivity contribution in [2.75, 3.05) is 5.32 Å². The Morgan fingerprint density at radius 2 is 1.89 bits per heavy atom. The van der Waals surface area contributed by atoms with Crippen molar-refractivity contribution in [1.29, 1.82) is 0 Å². The maximum atomic E-state index is 12.4. The molecular weight excluding hydrogens is 261 g/mol. The highest BCUT2D eigenvalue weighted by atomic mass is 32.1. The maximum Gasteiger partial charge on any atom is 0.416 e. The Bertz CT molecular complexity index is 491. The number of alkyl halides is 3. The molecule has 2 nitrogen and oxygen atoms in total. The smallest absolute Gasteiger partial charge is 0.378 e. The highest BCUT2D eigenvalue weighted by Gasteiger charge is 2.29. The first-order chi connectivity index (χ1) is 8.47. The van der Waals surface area contributed by atoms with Crippen LogP contribution in [0.15, 0.2) is 36.0 Å². The molecule has 0 saturated carbocycles. The van der Waals surface area contributed by atoms with Crippen LogP contribution >= 0.6 is 11.3 Å². The van der Waals surface area contributed by atoms with E-state index in [4.69, 9.17) is 0 Å². The lowest BCUT2D eigenvalue weighted by molar-refractivity contribution is -0.137. The van der Waals surface area contributed by atoms with Crippen LogP contribution in [0.4, 0.5) is 18.9 Å². The number of rotatable bonds is 3. The quantitative estimate of drug-likeness (QED) is 0.899. The summed E-state index contributed by atoms with van der Waals surface area (Å²) in [5, 5.41) is 3.13. The molecule has 1 aromatic heterocycles. The summed E-state index contributed by atoms with van der Waals surface area (Å²) >= 11 is 1.50. The van der Waals surface area contributed by atoms with Crippen molar-refractivity contribution in [3.05, 3.63) is 46.4 Å². The Hall–Kier alpha value is -1.56. The lowest BCUT2D eigenvalue weighted by atomic mass is 10.2. The predicted molar refractivity (Wildman–Crippen MR) is 65.6 cm³/mol. The summed E-state index contributed by atoms with van der Waals surface area (Å²) in [6, 6.07) is 5.03. The fourth-order valence-corrected chi connectivity index (χ4v) is 2.14. The van der Waals surface area contributed by atoms with E-state index >= 15 is 0 Å². The van der Waals surface area contributed by atoms with Crippen molar-refractivity contribution in [3.8, 4) is 0 Å². The van der Waals surface area contributed by atoms with Crippen LogP contribution in [0.2, 0.25) is 0 Å². The van der Waals surface area contributed by atoms with Gasteiger partial charge in [0.05, 0.1) is 17.1 Å². The Kier molecular flexibility index (Phi) is 3.56. The molecule has 18 heavy (non-hydrogen) atoms. The average Bonchev–Trinajstić information content (AvgIpc) is 2.82. The normalized spacial score (nSPS) is 13.3. The zero-order chi connectivity index (χ0) is 13.2. The van der Waals surface area contributed by atoms with Gasteiger partial charge in [-0.3, -0.25) is 4.98 Å². The molecule has 0 fully saturated rings. The Morgan fingerprint density at radius 3 is 2.39 bits per heavy atom. The molecule has 0 spiro atoms. The molecule has 2 rings (SSSR count). The van der Waals surface area contributed by atoms with E-state index < -0.39 is 11.7 Å². The van der Waals surface area contributed by atoms with Gasteiger partial charge in [0.25, 0.3) is 0 Å². The van der Waals surface area contributed by atoms with Crippen LogP contribution in [0.25, 0.3) is 0 Å². The fourth-order valence-electron chi connectivity index (χ4n) is 1.52. The van der Waals surface area contributed by atoms with E-state index in [9.17, 15) is 13.2 Å². The first-order valence-corrected chi connectivity index (χ1v) is 6.17. The van der Waals surface area contributed by atoms with E-state index in [0.717, 1.165) is 17.0 Å². The van der Waals surface area contributed by atoms with E-state index in [1.165, 1.54) is 23.5 Å². The highest BCUT2D eigenvalue weighted by Crippen LogP contribution is 2.30. The maximum absolute atomic E-state index is 12.4. The molecule has 0 bridgehead atoms. The van der Waals surface area contributed by atoms with Crippen LogP contribution in [0.3, 0.4) is 0 Å². The monoisotopic (exact) mass is 272 g/mol. The zero-order valence-electron chi connectivity index (χ0n) is 9.53. The van der Waals surface area contributed by atoms with Crippen LogP contribution in [0.5, 0.6) is 0 Å². The lowest BCUT2D eigenvalue weighted by Gasteiger charge is -2.14. The molecule has 0 aliphatic rings. The third kappa shape index (κ3) is 3.01. The molecule has 0 radical (unpaired) electrons. The minimum Gasteiger partial charge on any atom is -0.378 e. The lowest BCUT2D eigenvalue weighted by Crippen LogP contribution is -2.07. The molecule has 2 aromatic rings. The van der Waals surface area contributed by atoms with E-state index in [1.54, 1.807) is 11.7 Å². The largest absolute Gasteiger partial charge is 0.416 e. The summed E-state index contributed by atoms with van der Waals surface area (Å²) < 4.78 is 37.1. The minimum absolute atomic E-state index is 0.0224. The second kappa shape index (κ2) is 4.97. The Labute approximate surface area is 106 Å². The van der Waals surface area contributed by atoms with Gasteiger partial charge in [-0.25, -0.2) is 0 Å². The molecule has 1 aromatic carbocycles. The molecule has 0 aliphatic carbocycles. The van der Waals surface area contributed by atoms with Gasteiger partial charge < -0.3 is 5.32 Å². The van der Waals surface area contributed by atoms with Crippen molar-refractivity contribution in [2.24, 2.45) is 0 Å². The standard InChI is InChI=1S/C12H11F3N2S/c1-8(11-6-16-7-18-11)17-10-4-2-9(3-5-10)12(13,14)15/h2-8,17H,1H3. The minimum atomic E-state index is -4.29. The van der Waals surface area contributed by atoms with Gasteiger partial charge in [0.2, 0.25) is 0 Å². The number of nitrogens with one attached hydrogen (secondary N) is 1. The molecule has 0 amide bonds. The van der Waals surface area contributed by atoms with E-state index in [-0.39, 0.29) is 6.04 Å². The summed E-state index contributed by atoms with van der Waals surface area (Å²) in [5.41, 5.74) is 1.74. The number of benzene rings is 1. The molecule has 96 valence electrons. The summed E-state index contributed by atoms with van der Waals surface area (Å²) in [5.74, 6) is 0. The zero-order valence-corrected chi connectivity index (χ0v) is 10.3. The van der Waals surface area contributed by atoms with E-state index in [0.29, 0.717) is 5.69 Å². The van der Waals surface area contributed by atoms with Gasteiger partial charge in [0, 0.05) is 16.8 Å². The van der Waals surface area contributed by atoms with Gasteiger partial charge in [0.1, 0.15) is 0 Å². The summed E-state index contributed by atoms with van der Waals surface area (Å²) in [6.07, 6.45) is -2.55. The van der Waals surface area contributed by atoms with E-state index in [2.05, 4.69) is 10.3 Å². The number of nitrogens with zero attached hydrogens (tertiary/aromatic N) is 1. The Morgan fingerprint density at radius 1 is 1.22 bits per heavy atom. The molecule has 6 heteroatoms. The van der Waals surface area contributed by atoms with Gasteiger partial charge in [0.15, 0.2) is 0 Å². The third-order valence-corrected chi connectivity index (χ3v) is 3.43. The molecule has 1 heterocycles. The molecule has 1 unspecified atom stereocenters. The molecule has 1 atom stereocenters. The second-order valence-electron chi connectivity index (χ2n) is 3.84. The number of thiazole rings is 1. The Balaban J connectivity index is 2.07. The third-order valence-electron chi connectivity index (χ3n) is 2.47. The van der Waals surface area contributed by atoms with Crippen LogP contribution in [-0.2, 0) is 6.18 Å². The van der Waals surface area contributed by atoms with Gasteiger partial charge in [-0.2, -0.15) is 13.2 Å². The number of halogens is 3. The number of anilines is 1. The summed E-state index contributed by atoms with van der Waals surface area (Å²) in [6.45, 7) is 1.94. The average molecular weight is 272 g/mol. The first kappa shape index (κ1) is 12.9. The summed E-state index contributed by atoms with van der Waals surface area (Å²) in [4.78, 5) is 5.00. The SMILES string of the molecule is CC(Nc1ccc(C(F)(F)F)cc1)c1cncs1. The van der Waals surface area contributed by atoms with E-state index in [1.807, 2.05) is 6.92 Å². The first-order valence-electron chi connectivity index (χ1n) is 5.29. The van der Waals surface area contributed by atoms with Crippen LogP contribution < -0.4 is 5.32 Å². The van der Waals surface area contributed by atoms with Crippen LogP contribution in [0.1, 0.15) is 23.4 Å². The molecule has 0 saturated heterocycles. The predicted octanol–water partition coefficient (Wildman–Crippen LogP) is 4.34. The fraction of sp³-hybridized carbons (Fsp3) is 0.250. The highest BCUT2D eigenvalue weighted by molar-refractivity contribution is 7.09. The van der Waals surface area contributed by atoms with Gasteiger partial charge >= 0.3 is 6.18 Å².